The van der Waals surface area contributed by atoms with Crippen LogP contribution in [0.2, 0.25) is 0 Å². The van der Waals surface area contributed by atoms with E-state index in [1.807, 2.05) is 11.3 Å². The highest BCUT2D eigenvalue weighted by Crippen LogP contribution is 2.44. The van der Waals surface area contributed by atoms with Crippen LogP contribution in [0.5, 0.6) is 0 Å². The lowest BCUT2D eigenvalue weighted by Crippen LogP contribution is -2.10. The molecule has 8 aromatic carbocycles. The number of rotatable bonds is 5. The van der Waals surface area contributed by atoms with E-state index in [-0.39, 0.29) is 0 Å². The molecule has 230 valence electrons. The largest absolute Gasteiger partial charge is 0.310 e. The molecule has 0 aliphatic heterocycles. The summed E-state index contributed by atoms with van der Waals surface area (Å²) in [6.07, 6.45) is 0. The van der Waals surface area contributed by atoms with Gasteiger partial charge in [0, 0.05) is 53.7 Å². The van der Waals surface area contributed by atoms with Crippen LogP contribution in [0.3, 0.4) is 0 Å². The number of nitrogens with zero attached hydrogens (tertiary/aromatic N) is 2. The zero-order chi connectivity index (χ0) is 32.3. The maximum atomic E-state index is 2.42. The summed E-state index contributed by atoms with van der Waals surface area (Å²) in [6, 6.07) is 66.1. The van der Waals surface area contributed by atoms with Crippen molar-refractivity contribution in [3.8, 4) is 16.8 Å². The number of para-hydroxylation sites is 2. The van der Waals surface area contributed by atoms with Gasteiger partial charge in [0.15, 0.2) is 0 Å². The third-order valence-electron chi connectivity index (χ3n) is 9.75. The van der Waals surface area contributed by atoms with Crippen molar-refractivity contribution in [2.75, 3.05) is 4.90 Å². The van der Waals surface area contributed by atoms with Crippen LogP contribution in [0.4, 0.5) is 17.1 Å². The highest BCUT2D eigenvalue weighted by molar-refractivity contribution is 7.26. The highest BCUT2D eigenvalue weighted by atomic mass is 32.1. The first-order chi connectivity index (χ1) is 24.3. The maximum Gasteiger partial charge on any atom is 0.0542 e. The maximum absolute atomic E-state index is 2.42. The van der Waals surface area contributed by atoms with E-state index in [0.717, 1.165) is 22.7 Å². The number of anilines is 3. The van der Waals surface area contributed by atoms with E-state index >= 15 is 0 Å². The summed E-state index contributed by atoms with van der Waals surface area (Å²) < 4.78 is 5.01. The van der Waals surface area contributed by atoms with Gasteiger partial charge in [0.2, 0.25) is 0 Å². The molecule has 10 aromatic rings. The van der Waals surface area contributed by atoms with Gasteiger partial charge in [-0.3, -0.25) is 0 Å². The molecule has 0 bridgehead atoms. The van der Waals surface area contributed by atoms with Gasteiger partial charge in [-0.2, -0.15) is 0 Å². The Hall–Kier alpha value is -6.16. The van der Waals surface area contributed by atoms with Crippen LogP contribution >= 0.6 is 11.3 Å². The Labute approximate surface area is 288 Å². The van der Waals surface area contributed by atoms with Crippen molar-refractivity contribution in [3.05, 3.63) is 182 Å². The lowest BCUT2D eigenvalue weighted by Gasteiger charge is -2.26. The second kappa shape index (κ2) is 11.2. The fourth-order valence-electron chi connectivity index (χ4n) is 7.49. The molecule has 0 fully saturated rings. The molecule has 0 N–H and O–H groups in total. The summed E-state index contributed by atoms with van der Waals surface area (Å²) in [5, 5.41) is 7.69. The van der Waals surface area contributed by atoms with Gasteiger partial charge in [-0.25, -0.2) is 0 Å². The number of fused-ring (bicyclic) bond motifs is 8. The van der Waals surface area contributed by atoms with Crippen LogP contribution in [0, 0.1) is 0 Å². The van der Waals surface area contributed by atoms with E-state index in [2.05, 4.69) is 191 Å². The van der Waals surface area contributed by atoms with Gasteiger partial charge in [0.05, 0.1) is 11.0 Å². The molecule has 0 aliphatic carbocycles. The van der Waals surface area contributed by atoms with Crippen LogP contribution in [0.15, 0.2) is 182 Å². The van der Waals surface area contributed by atoms with Crippen LogP contribution in [0.25, 0.3) is 69.6 Å². The third kappa shape index (κ3) is 4.55. The molecule has 0 atom stereocenters. The molecule has 0 spiro atoms. The Balaban J connectivity index is 1.21. The van der Waals surface area contributed by atoms with Crippen LogP contribution in [0.1, 0.15) is 0 Å². The average molecular weight is 643 g/mol. The summed E-state index contributed by atoms with van der Waals surface area (Å²) in [5.74, 6) is 0. The second-order valence-corrected chi connectivity index (χ2v) is 13.6. The van der Waals surface area contributed by atoms with E-state index < -0.39 is 0 Å². The molecule has 2 aromatic heterocycles. The van der Waals surface area contributed by atoms with Crippen LogP contribution < -0.4 is 4.90 Å². The molecule has 0 amide bonds. The first-order valence-corrected chi connectivity index (χ1v) is 17.5. The van der Waals surface area contributed by atoms with Gasteiger partial charge >= 0.3 is 0 Å². The molecule has 0 unspecified atom stereocenters. The van der Waals surface area contributed by atoms with Crippen molar-refractivity contribution >= 4 is 81.1 Å². The summed E-state index contributed by atoms with van der Waals surface area (Å²) in [6.45, 7) is 0. The van der Waals surface area contributed by atoms with E-state index in [4.69, 9.17) is 0 Å². The molecule has 49 heavy (non-hydrogen) atoms. The van der Waals surface area contributed by atoms with Gasteiger partial charge in [0.1, 0.15) is 0 Å². The van der Waals surface area contributed by atoms with Gasteiger partial charge in [0.25, 0.3) is 0 Å². The molecular weight excluding hydrogens is 613 g/mol. The molecule has 10 rings (SSSR count). The standard InChI is InChI=1S/C46H30N2S/c1-3-12-31(13-4-1)33-15-11-18-35(28-33)47(37-23-26-40-41-25-22-32-14-7-8-19-38(32)46(41)49-45(40)30-37)36-24-27-44-42(29-36)39-20-9-10-21-43(39)48(44)34-16-5-2-6-17-34/h1-30H. The minimum absolute atomic E-state index is 1.12. The summed E-state index contributed by atoms with van der Waals surface area (Å²) in [4.78, 5) is 2.42. The molecule has 0 aliphatic rings. The van der Waals surface area contributed by atoms with Crippen LogP contribution in [-0.2, 0) is 0 Å². The Kier molecular flexibility index (Phi) is 6.39. The molecule has 3 heteroatoms. The lowest BCUT2D eigenvalue weighted by molar-refractivity contribution is 1.18. The average Bonchev–Trinajstić information content (AvgIpc) is 3.71. The normalized spacial score (nSPS) is 11.7. The van der Waals surface area contributed by atoms with E-state index in [9.17, 15) is 0 Å². The summed E-state index contributed by atoms with van der Waals surface area (Å²) >= 11 is 1.89. The first kappa shape index (κ1) is 27.9. The van der Waals surface area contributed by atoms with Crippen molar-refractivity contribution in [2.24, 2.45) is 0 Å². The van der Waals surface area contributed by atoms with Crippen molar-refractivity contribution in [1.82, 2.24) is 4.57 Å². The van der Waals surface area contributed by atoms with E-state index in [0.29, 0.717) is 0 Å². The van der Waals surface area contributed by atoms with E-state index in [1.54, 1.807) is 0 Å². The summed E-state index contributed by atoms with van der Waals surface area (Å²) in [7, 11) is 0. The van der Waals surface area contributed by atoms with Crippen LogP contribution in [-0.4, -0.2) is 4.57 Å². The van der Waals surface area contributed by atoms with Gasteiger partial charge in [-0.1, -0.05) is 121 Å². The van der Waals surface area contributed by atoms with Gasteiger partial charge < -0.3 is 9.47 Å². The van der Waals surface area contributed by atoms with Crippen molar-refractivity contribution < 1.29 is 0 Å². The van der Waals surface area contributed by atoms with Crippen molar-refractivity contribution in [1.29, 1.82) is 0 Å². The monoisotopic (exact) mass is 642 g/mol. The molecule has 2 nitrogen and oxygen atoms in total. The molecule has 2 heterocycles. The third-order valence-corrected chi connectivity index (χ3v) is 10.9. The minimum Gasteiger partial charge on any atom is -0.310 e. The first-order valence-electron chi connectivity index (χ1n) is 16.7. The predicted molar refractivity (Wildman–Crippen MR) is 211 cm³/mol. The fourth-order valence-corrected chi connectivity index (χ4v) is 8.76. The smallest absolute Gasteiger partial charge is 0.0542 e. The zero-order valence-electron chi connectivity index (χ0n) is 26.6. The Morgan fingerprint density at radius 3 is 1.92 bits per heavy atom. The minimum atomic E-state index is 1.12. The fraction of sp³-hybridized carbons (Fsp3) is 0. The Bertz CT molecular complexity index is 2830. The Morgan fingerprint density at radius 1 is 0.388 bits per heavy atom. The SMILES string of the molecule is c1ccc(-c2cccc(N(c3ccc4c(c3)sc3c5ccccc5ccc43)c3ccc4c(c3)c3ccccc3n4-c3ccccc3)c2)cc1. The van der Waals surface area contributed by atoms with E-state index in [1.165, 1.54) is 63.9 Å². The second-order valence-electron chi connectivity index (χ2n) is 12.6. The van der Waals surface area contributed by atoms with Gasteiger partial charge in [-0.15, -0.1) is 11.3 Å². The molecular formula is C46H30N2S. The number of hydrogen-bond donors (Lipinski definition) is 0. The Morgan fingerprint density at radius 2 is 1.04 bits per heavy atom. The lowest BCUT2D eigenvalue weighted by atomic mass is 10.0. The van der Waals surface area contributed by atoms with Crippen molar-refractivity contribution in [2.45, 2.75) is 0 Å². The topological polar surface area (TPSA) is 8.17 Å². The molecule has 0 saturated carbocycles. The number of benzene rings is 8. The number of aromatic nitrogens is 1. The van der Waals surface area contributed by atoms with Gasteiger partial charge in [-0.05, 0) is 82.6 Å². The molecule has 0 radical (unpaired) electrons. The van der Waals surface area contributed by atoms with Crippen molar-refractivity contribution in [3.63, 3.8) is 0 Å². The molecule has 0 saturated heterocycles. The highest BCUT2D eigenvalue weighted by Gasteiger charge is 2.19. The number of hydrogen-bond acceptors (Lipinski definition) is 2. The number of thiophene rings is 1. The summed E-state index contributed by atoms with van der Waals surface area (Å²) in [5.41, 5.74) is 9.35. The predicted octanol–water partition coefficient (Wildman–Crippen LogP) is 13.4. The quantitative estimate of drug-likeness (QED) is 0.181. The zero-order valence-corrected chi connectivity index (χ0v) is 27.4.